The molecule has 0 saturated heterocycles. The molecule has 0 bridgehead atoms. The van der Waals surface area contributed by atoms with Crippen LogP contribution in [-0.2, 0) is 6.54 Å². The molecule has 0 spiro atoms. The van der Waals surface area contributed by atoms with E-state index in [2.05, 4.69) is 22.4 Å². The fraction of sp³-hybridized carbons (Fsp3) is 0.467. The van der Waals surface area contributed by atoms with Crippen LogP contribution >= 0.6 is 0 Å². The highest BCUT2D eigenvalue weighted by Crippen LogP contribution is 2.36. The molecule has 3 rings (SSSR count). The lowest BCUT2D eigenvalue weighted by atomic mass is 10.1. The van der Waals surface area contributed by atoms with Crippen LogP contribution in [0.15, 0.2) is 28.8 Å². The van der Waals surface area contributed by atoms with Crippen molar-refractivity contribution in [1.29, 1.82) is 0 Å². The summed E-state index contributed by atoms with van der Waals surface area (Å²) in [5.41, 5.74) is 0.914. The van der Waals surface area contributed by atoms with Crippen LogP contribution in [0.25, 0.3) is 0 Å². The van der Waals surface area contributed by atoms with Crippen molar-refractivity contribution in [3.63, 3.8) is 0 Å². The summed E-state index contributed by atoms with van der Waals surface area (Å²) >= 11 is 0. The van der Waals surface area contributed by atoms with E-state index in [1.807, 2.05) is 12.1 Å². The Morgan fingerprint density at radius 1 is 1.30 bits per heavy atom. The maximum atomic E-state index is 9.22. The average Bonchev–Trinajstić information content (AvgIpc) is 3.07. The molecule has 1 heterocycles. The van der Waals surface area contributed by atoms with Crippen LogP contribution in [0.3, 0.4) is 0 Å². The normalized spacial score (nSPS) is 22.1. The van der Waals surface area contributed by atoms with Crippen molar-refractivity contribution in [2.45, 2.75) is 38.6 Å². The fourth-order valence-electron chi connectivity index (χ4n) is 2.70. The lowest BCUT2D eigenvalue weighted by Gasteiger charge is -2.03. The zero-order valence-corrected chi connectivity index (χ0v) is 11.5. The van der Waals surface area contributed by atoms with E-state index < -0.39 is 0 Å². The highest BCUT2D eigenvalue weighted by Gasteiger charge is 2.26. The van der Waals surface area contributed by atoms with Gasteiger partial charge in [-0.2, -0.15) is 4.98 Å². The molecule has 0 amide bonds. The zero-order chi connectivity index (χ0) is 13.9. The number of aromatic hydroxyl groups is 1. The maximum absolute atomic E-state index is 9.22. The minimum atomic E-state index is 0.256. The molecule has 1 fully saturated rings. The third-order valence-corrected chi connectivity index (χ3v) is 3.85. The van der Waals surface area contributed by atoms with Crippen molar-refractivity contribution in [3.8, 4) is 5.75 Å². The molecule has 1 aromatic carbocycles. The number of hydrogen-bond acceptors (Lipinski definition) is 5. The number of nitrogens with one attached hydrogen (secondary N) is 1. The first-order valence-corrected chi connectivity index (χ1v) is 7.06. The molecule has 5 heteroatoms. The van der Waals surface area contributed by atoms with E-state index in [0.717, 1.165) is 30.3 Å². The first-order valence-electron chi connectivity index (χ1n) is 7.06. The van der Waals surface area contributed by atoms with Gasteiger partial charge in [0.1, 0.15) is 5.75 Å². The van der Waals surface area contributed by atoms with Crippen molar-refractivity contribution in [2.75, 3.05) is 5.32 Å². The summed E-state index contributed by atoms with van der Waals surface area (Å²) in [5, 5.41) is 16.5. The lowest BCUT2D eigenvalue weighted by Crippen LogP contribution is -2.01. The van der Waals surface area contributed by atoms with Gasteiger partial charge in [-0.15, -0.1) is 0 Å². The summed E-state index contributed by atoms with van der Waals surface area (Å²) in [6, 6.07) is 6.90. The van der Waals surface area contributed by atoms with Crippen LogP contribution in [0, 0.1) is 5.92 Å². The van der Waals surface area contributed by atoms with Gasteiger partial charge < -0.3 is 14.9 Å². The number of aromatic nitrogens is 2. The second-order valence-corrected chi connectivity index (χ2v) is 5.56. The predicted octanol–water partition coefficient (Wildman–Crippen LogP) is 3.29. The van der Waals surface area contributed by atoms with Gasteiger partial charge in [-0.25, -0.2) is 0 Å². The first kappa shape index (κ1) is 13.0. The molecule has 1 aliphatic carbocycles. The van der Waals surface area contributed by atoms with E-state index in [1.165, 1.54) is 6.42 Å². The number of rotatable bonds is 4. The molecule has 2 unspecified atom stereocenters. The molecule has 1 saturated carbocycles. The van der Waals surface area contributed by atoms with Gasteiger partial charge in [0.2, 0.25) is 5.89 Å². The summed E-state index contributed by atoms with van der Waals surface area (Å²) in [4.78, 5) is 4.47. The summed E-state index contributed by atoms with van der Waals surface area (Å²) in [5.74, 6) is 2.92. The average molecular weight is 273 g/mol. The molecule has 106 valence electrons. The Labute approximate surface area is 118 Å². The number of phenols is 1. The minimum Gasteiger partial charge on any atom is -0.508 e. The summed E-state index contributed by atoms with van der Waals surface area (Å²) in [6.07, 6.45) is 3.57. The maximum Gasteiger partial charge on any atom is 0.245 e. The van der Waals surface area contributed by atoms with Crippen LogP contribution in [0.2, 0.25) is 0 Å². The molecule has 1 aromatic heterocycles. The molecule has 5 nitrogen and oxygen atoms in total. The fourth-order valence-corrected chi connectivity index (χ4v) is 2.70. The van der Waals surface area contributed by atoms with Gasteiger partial charge >= 0.3 is 0 Å². The number of nitrogens with zero attached hydrogens (tertiary/aromatic N) is 2. The Balaban J connectivity index is 1.58. The van der Waals surface area contributed by atoms with Crippen molar-refractivity contribution in [1.82, 2.24) is 10.1 Å². The van der Waals surface area contributed by atoms with E-state index in [9.17, 15) is 5.11 Å². The monoisotopic (exact) mass is 273 g/mol. The second-order valence-electron chi connectivity index (χ2n) is 5.56. The highest BCUT2D eigenvalue weighted by molar-refractivity contribution is 5.45. The van der Waals surface area contributed by atoms with Crippen LogP contribution in [0.5, 0.6) is 5.75 Å². The van der Waals surface area contributed by atoms with E-state index in [4.69, 9.17) is 4.52 Å². The second kappa shape index (κ2) is 5.53. The van der Waals surface area contributed by atoms with Crippen LogP contribution in [0.4, 0.5) is 5.69 Å². The molecular formula is C15H19N3O2. The van der Waals surface area contributed by atoms with Crippen LogP contribution in [0.1, 0.15) is 43.8 Å². The third-order valence-electron chi connectivity index (χ3n) is 3.85. The van der Waals surface area contributed by atoms with E-state index in [-0.39, 0.29) is 5.75 Å². The standard InChI is InChI=1S/C15H19N3O2/c1-10-2-3-11(8-10)15-17-14(20-18-15)9-16-12-4-6-13(19)7-5-12/h4-7,10-11,16,19H,2-3,8-9H2,1H3. The SMILES string of the molecule is CC1CCC(c2noc(CNc3ccc(O)cc3)n2)C1. The molecule has 0 radical (unpaired) electrons. The Morgan fingerprint density at radius 2 is 2.10 bits per heavy atom. The van der Waals surface area contributed by atoms with Gasteiger partial charge in [0.05, 0.1) is 6.54 Å². The van der Waals surface area contributed by atoms with Gasteiger partial charge in [-0.3, -0.25) is 0 Å². The summed E-state index contributed by atoms with van der Waals surface area (Å²) < 4.78 is 5.28. The van der Waals surface area contributed by atoms with Gasteiger partial charge in [-0.1, -0.05) is 12.1 Å². The molecule has 1 aliphatic rings. The van der Waals surface area contributed by atoms with Crippen molar-refractivity contribution in [2.24, 2.45) is 5.92 Å². The first-order chi connectivity index (χ1) is 9.70. The summed E-state index contributed by atoms with van der Waals surface area (Å²) in [7, 11) is 0. The van der Waals surface area contributed by atoms with Crippen LogP contribution < -0.4 is 5.32 Å². The van der Waals surface area contributed by atoms with Gasteiger partial charge in [0, 0.05) is 11.6 Å². The van der Waals surface area contributed by atoms with Gasteiger partial charge in [0.15, 0.2) is 5.82 Å². The van der Waals surface area contributed by atoms with Crippen molar-refractivity contribution in [3.05, 3.63) is 36.0 Å². The Kier molecular flexibility index (Phi) is 3.58. The Bertz CT molecular complexity index is 565. The Morgan fingerprint density at radius 3 is 2.80 bits per heavy atom. The molecule has 2 N–H and O–H groups in total. The number of anilines is 1. The smallest absolute Gasteiger partial charge is 0.245 e. The zero-order valence-electron chi connectivity index (χ0n) is 11.5. The molecule has 0 aliphatic heterocycles. The van der Waals surface area contributed by atoms with Crippen molar-refractivity contribution >= 4 is 5.69 Å². The summed E-state index contributed by atoms with van der Waals surface area (Å²) in [6.45, 7) is 2.77. The molecule has 2 aromatic rings. The number of phenolic OH excluding ortho intramolecular Hbond substituents is 1. The van der Waals surface area contributed by atoms with E-state index in [1.54, 1.807) is 12.1 Å². The predicted molar refractivity (Wildman–Crippen MR) is 75.5 cm³/mol. The number of hydrogen-bond donors (Lipinski definition) is 2. The largest absolute Gasteiger partial charge is 0.508 e. The number of benzene rings is 1. The van der Waals surface area contributed by atoms with Crippen LogP contribution in [-0.4, -0.2) is 15.2 Å². The van der Waals surface area contributed by atoms with Gasteiger partial charge in [0.25, 0.3) is 0 Å². The van der Waals surface area contributed by atoms with Crippen molar-refractivity contribution < 1.29 is 9.63 Å². The topological polar surface area (TPSA) is 71.2 Å². The third kappa shape index (κ3) is 2.92. The quantitative estimate of drug-likeness (QED) is 0.836. The Hall–Kier alpha value is -2.04. The highest BCUT2D eigenvalue weighted by atomic mass is 16.5. The van der Waals surface area contributed by atoms with Gasteiger partial charge in [-0.05, 0) is 49.4 Å². The molecular weight excluding hydrogens is 254 g/mol. The minimum absolute atomic E-state index is 0.256. The van der Waals surface area contributed by atoms with E-state index in [0.29, 0.717) is 18.4 Å². The molecule has 20 heavy (non-hydrogen) atoms. The lowest BCUT2D eigenvalue weighted by molar-refractivity contribution is 0.373. The molecule has 2 atom stereocenters. The van der Waals surface area contributed by atoms with E-state index >= 15 is 0 Å².